The number of rotatable bonds is 6. The van der Waals surface area contributed by atoms with Crippen molar-refractivity contribution in [3.05, 3.63) is 29.8 Å². The third kappa shape index (κ3) is 3.92. The molecule has 0 aliphatic heterocycles. The first kappa shape index (κ1) is 12.1. The molecule has 0 saturated heterocycles. The molecular formula is C13H20O2. The second-order valence-corrected chi connectivity index (χ2v) is 3.78. The van der Waals surface area contributed by atoms with Gasteiger partial charge >= 0.3 is 0 Å². The van der Waals surface area contributed by atoms with Crippen LogP contribution in [-0.4, -0.2) is 12.2 Å². The Labute approximate surface area is 91.9 Å². The van der Waals surface area contributed by atoms with E-state index in [1.807, 2.05) is 24.3 Å². The predicted molar refractivity (Wildman–Crippen MR) is 62.1 cm³/mol. The van der Waals surface area contributed by atoms with Gasteiger partial charge in [-0.3, -0.25) is 0 Å². The quantitative estimate of drug-likeness (QED) is 0.727. The monoisotopic (exact) mass is 208 g/mol. The molecule has 15 heavy (non-hydrogen) atoms. The molecule has 1 aromatic rings. The Morgan fingerprint density at radius 3 is 2.40 bits per heavy atom. The van der Waals surface area contributed by atoms with E-state index >= 15 is 0 Å². The van der Waals surface area contributed by atoms with E-state index in [1.54, 1.807) is 7.11 Å². The summed E-state index contributed by atoms with van der Waals surface area (Å²) in [7, 11) is 1.65. The van der Waals surface area contributed by atoms with Gasteiger partial charge in [-0.05, 0) is 24.1 Å². The second kappa shape index (κ2) is 6.46. The first-order valence-corrected chi connectivity index (χ1v) is 5.60. The largest absolute Gasteiger partial charge is 0.497 e. The van der Waals surface area contributed by atoms with E-state index in [2.05, 4.69) is 6.92 Å². The Hall–Kier alpha value is -1.02. The summed E-state index contributed by atoms with van der Waals surface area (Å²) >= 11 is 0. The number of hydrogen-bond acceptors (Lipinski definition) is 2. The van der Waals surface area contributed by atoms with Crippen LogP contribution in [0, 0.1) is 0 Å². The minimum atomic E-state index is -0.331. The van der Waals surface area contributed by atoms with Crippen LogP contribution < -0.4 is 4.74 Å². The highest BCUT2D eigenvalue weighted by molar-refractivity contribution is 5.28. The van der Waals surface area contributed by atoms with Crippen molar-refractivity contribution in [3.63, 3.8) is 0 Å². The highest BCUT2D eigenvalue weighted by Gasteiger charge is 2.06. The van der Waals surface area contributed by atoms with Crippen molar-refractivity contribution in [1.29, 1.82) is 0 Å². The normalized spacial score (nSPS) is 12.5. The van der Waals surface area contributed by atoms with Crippen LogP contribution in [0.1, 0.15) is 44.3 Å². The van der Waals surface area contributed by atoms with Crippen LogP contribution >= 0.6 is 0 Å². The van der Waals surface area contributed by atoms with Gasteiger partial charge in [-0.1, -0.05) is 38.3 Å². The number of aliphatic hydroxyl groups is 1. The van der Waals surface area contributed by atoms with E-state index < -0.39 is 0 Å². The van der Waals surface area contributed by atoms with Crippen LogP contribution in [0.2, 0.25) is 0 Å². The van der Waals surface area contributed by atoms with Gasteiger partial charge in [0.05, 0.1) is 13.2 Å². The highest BCUT2D eigenvalue weighted by atomic mass is 16.5. The molecule has 0 spiro atoms. The SMILES string of the molecule is CCCCC[C@H](O)c1ccc(OC)cc1. The Balaban J connectivity index is 2.46. The molecule has 1 rings (SSSR count). The van der Waals surface area contributed by atoms with Gasteiger partial charge in [0.1, 0.15) is 5.75 Å². The molecule has 1 aromatic carbocycles. The zero-order valence-electron chi connectivity index (χ0n) is 9.57. The molecule has 0 saturated carbocycles. The summed E-state index contributed by atoms with van der Waals surface area (Å²) in [5, 5.41) is 9.87. The first-order chi connectivity index (χ1) is 7.27. The minimum absolute atomic E-state index is 0.331. The molecule has 0 radical (unpaired) electrons. The lowest BCUT2D eigenvalue weighted by molar-refractivity contribution is 0.163. The van der Waals surface area contributed by atoms with Crippen LogP contribution in [0.3, 0.4) is 0 Å². The maximum absolute atomic E-state index is 9.87. The van der Waals surface area contributed by atoms with Crippen molar-refractivity contribution in [2.24, 2.45) is 0 Å². The summed E-state index contributed by atoms with van der Waals surface area (Å²) in [6.45, 7) is 2.17. The number of hydrogen-bond donors (Lipinski definition) is 1. The van der Waals surface area contributed by atoms with Crippen molar-refractivity contribution >= 4 is 0 Å². The van der Waals surface area contributed by atoms with Gasteiger partial charge in [0.2, 0.25) is 0 Å². The molecule has 84 valence electrons. The minimum Gasteiger partial charge on any atom is -0.497 e. The zero-order chi connectivity index (χ0) is 11.1. The molecule has 0 heterocycles. The van der Waals surface area contributed by atoms with Crippen molar-refractivity contribution in [2.45, 2.75) is 38.7 Å². The van der Waals surface area contributed by atoms with Gasteiger partial charge in [-0.2, -0.15) is 0 Å². The zero-order valence-corrected chi connectivity index (χ0v) is 9.57. The van der Waals surface area contributed by atoms with E-state index in [9.17, 15) is 5.11 Å². The van der Waals surface area contributed by atoms with E-state index in [-0.39, 0.29) is 6.10 Å². The van der Waals surface area contributed by atoms with Gasteiger partial charge in [0.15, 0.2) is 0 Å². The standard InChI is InChI=1S/C13H20O2/c1-3-4-5-6-13(14)11-7-9-12(15-2)10-8-11/h7-10,13-14H,3-6H2,1-2H3/t13-/m0/s1. The number of benzene rings is 1. The average molecular weight is 208 g/mol. The van der Waals surface area contributed by atoms with Crippen molar-refractivity contribution in [3.8, 4) is 5.75 Å². The van der Waals surface area contributed by atoms with Crippen LogP contribution in [0.15, 0.2) is 24.3 Å². The molecule has 0 fully saturated rings. The lowest BCUT2D eigenvalue weighted by atomic mass is 10.0. The number of methoxy groups -OCH3 is 1. The Bertz CT molecular complexity index is 266. The first-order valence-electron chi connectivity index (χ1n) is 5.60. The van der Waals surface area contributed by atoms with E-state index in [0.29, 0.717) is 0 Å². The Morgan fingerprint density at radius 2 is 1.87 bits per heavy atom. The number of unbranched alkanes of at least 4 members (excludes halogenated alkanes) is 2. The molecule has 2 heteroatoms. The second-order valence-electron chi connectivity index (χ2n) is 3.78. The van der Waals surface area contributed by atoms with Crippen LogP contribution in [0.5, 0.6) is 5.75 Å². The molecule has 0 bridgehead atoms. The molecule has 0 aliphatic rings. The molecule has 1 N–H and O–H groups in total. The maximum Gasteiger partial charge on any atom is 0.118 e. The summed E-state index contributed by atoms with van der Waals surface area (Å²) in [6.07, 6.45) is 3.98. The molecule has 0 aromatic heterocycles. The van der Waals surface area contributed by atoms with Gasteiger partial charge in [-0.25, -0.2) is 0 Å². The molecule has 0 aliphatic carbocycles. The summed E-state index contributed by atoms with van der Waals surface area (Å²) in [5.74, 6) is 0.833. The summed E-state index contributed by atoms with van der Waals surface area (Å²) in [5.41, 5.74) is 0.979. The fourth-order valence-electron chi connectivity index (χ4n) is 1.58. The highest BCUT2D eigenvalue weighted by Crippen LogP contribution is 2.21. The van der Waals surface area contributed by atoms with Crippen LogP contribution in [0.25, 0.3) is 0 Å². The smallest absolute Gasteiger partial charge is 0.118 e. The van der Waals surface area contributed by atoms with Crippen molar-refractivity contribution < 1.29 is 9.84 Å². The van der Waals surface area contributed by atoms with E-state index in [4.69, 9.17) is 4.74 Å². The number of aliphatic hydroxyl groups excluding tert-OH is 1. The molecule has 1 atom stereocenters. The Kier molecular flexibility index (Phi) is 5.19. The maximum atomic E-state index is 9.87. The van der Waals surface area contributed by atoms with Crippen LogP contribution in [0.4, 0.5) is 0 Å². The predicted octanol–water partition coefficient (Wildman–Crippen LogP) is 3.31. The van der Waals surface area contributed by atoms with Crippen molar-refractivity contribution in [2.75, 3.05) is 7.11 Å². The average Bonchev–Trinajstić information content (AvgIpc) is 2.29. The Morgan fingerprint density at radius 1 is 1.20 bits per heavy atom. The summed E-state index contributed by atoms with van der Waals surface area (Å²) in [4.78, 5) is 0. The summed E-state index contributed by atoms with van der Waals surface area (Å²) < 4.78 is 5.07. The van der Waals surface area contributed by atoms with Gasteiger partial charge < -0.3 is 9.84 Å². The van der Waals surface area contributed by atoms with E-state index in [1.165, 1.54) is 12.8 Å². The van der Waals surface area contributed by atoms with Crippen LogP contribution in [-0.2, 0) is 0 Å². The fourth-order valence-corrected chi connectivity index (χ4v) is 1.58. The third-order valence-electron chi connectivity index (χ3n) is 2.58. The molecule has 0 unspecified atom stereocenters. The van der Waals surface area contributed by atoms with Gasteiger partial charge in [-0.15, -0.1) is 0 Å². The van der Waals surface area contributed by atoms with Gasteiger partial charge in [0.25, 0.3) is 0 Å². The lowest BCUT2D eigenvalue weighted by Crippen LogP contribution is -1.97. The fraction of sp³-hybridized carbons (Fsp3) is 0.538. The molecule has 0 amide bonds. The van der Waals surface area contributed by atoms with Crippen molar-refractivity contribution in [1.82, 2.24) is 0 Å². The number of ether oxygens (including phenoxy) is 1. The third-order valence-corrected chi connectivity index (χ3v) is 2.58. The summed E-state index contributed by atoms with van der Waals surface area (Å²) in [6, 6.07) is 7.63. The van der Waals surface area contributed by atoms with E-state index in [0.717, 1.165) is 24.2 Å². The van der Waals surface area contributed by atoms with Gasteiger partial charge in [0, 0.05) is 0 Å². The molecule has 2 nitrogen and oxygen atoms in total. The lowest BCUT2D eigenvalue weighted by Gasteiger charge is -2.10. The molecular weight excluding hydrogens is 188 g/mol. The topological polar surface area (TPSA) is 29.5 Å².